The maximum absolute atomic E-state index is 12.2. The van der Waals surface area contributed by atoms with Gasteiger partial charge in [-0.05, 0) is 37.6 Å². The highest BCUT2D eigenvalue weighted by atomic mass is 19.4. The summed E-state index contributed by atoms with van der Waals surface area (Å²) in [4.78, 5) is 0. The third kappa shape index (κ3) is 4.40. The molecule has 0 amide bonds. The molecule has 1 atom stereocenters. The van der Waals surface area contributed by atoms with E-state index in [4.69, 9.17) is 9.84 Å². The number of aryl methyl sites for hydroxylation is 2. The summed E-state index contributed by atoms with van der Waals surface area (Å²) in [6.45, 7) is 3.41. The van der Waals surface area contributed by atoms with E-state index < -0.39 is 18.9 Å². The number of halogens is 3. The molecule has 0 saturated carbocycles. The molecule has 0 bridgehead atoms. The number of aliphatic hydroxyl groups is 1. The summed E-state index contributed by atoms with van der Waals surface area (Å²) in [5.74, 6) is 0.392. The standard InChI is InChI=1S/C13H18F3NO2/c1-8-4-10(6-17-3)5-9(2)12(8)19-7-11(18)13(14,15)16/h4-5,11,17-18H,6-7H2,1-3H3. The van der Waals surface area contributed by atoms with Crippen LogP contribution in [-0.4, -0.2) is 31.0 Å². The Kier molecular flexibility index (Phi) is 5.20. The smallest absolute Gasteiger partial charge is 0.417 e. The molecule has 1 aromatic rings. The lowest BCUT2D eigenvalue weighted by atomic mass is 10.1. The number of nitrogens with one attached hydrogen (secondary N) is 1. The van der Waals surface area contributed by atoms with Gasteiger partial charge >= 0.3 is 6.18 Å². The summed E-state index contributed by atoms with van der Waals surface area (Å²) in [5.41, 5.74) is 2.53. The fourth-order valence-electron chi connectivity index (χ4n) is 1.83. The summed E-state index contributed by atoms with van der Waals surface area (Å²) in [6, 6.07) is 3.69. The third-order valence-corrected chi connectivity index (χ3v) is 2.66. The summed E-state index contributed by atoms with van der Waals surface area (Å²) in [6.07, 6.45) is -7.13. The summed E-state index contributed by atoms with van der Waals surface area (Å²) in [7, 11) is 1.81. The van der Waals surface area contributed by atoms with E-state index >= 15 is 0 Å². The lowest BCUT2D eigenvalue weighted by Crippen LogP contribution is -2.34. The van der Waals surface area contributed by atoms with Gasteiger partial charge in [-0.2, -0.15) is 13.2 Å². The average molecular weight is 277 g/mol. The molecular formula is C13H18F3NO2. The van der Waals surface area contributed by atoms with Gasteiger partial charge in [-0.1, -0.05) is 12.1 Å². The number of rotatable bonds is 5. The van der Waals surface area contributed by atoms with Crippen molar-refractivity contribution >= 4 is 0 Å². The van der Waals surface area contributed by atoms with Crippen molar-refractivity contribution in [2.24, 2.45) is 0 Å². The molecule has 0 saturated heterocycles. The van der Waals surface area contributed by atoms with Crippen molar-refractivity contribution in [3.05, 3.63) is 28.8 Å². The molecule has 0 spiro atoms. The number of alkyl halides is 3. The van der Waals surface area contributed by atoms with Crippen LogP contribution in [-0.2, 0) is 6.54 Å². The van der Waals surface area contributed by atoms with E-state index in [0.717, 1.165) is 16.7 Å². The van der Waals surface area contributed by atoms with Crippen molar-refractivity contribution in [1.82, 2.24) is 5.32 Å². The van der Waals surface area contributed by atoms with Crippen molar-refractivity contribution in [2.75, 3.05) is 13.7 Å². The average Bonchev–Trinajstić information content (AvgIpc) is 2.26. The van der Waals surface area contributed by atoms with Crippen molar-refractivity contribution < 1.29 is 23.0 Å². The highest BCUT2D eigenvalue weighted by Crippen LogP contribution is 2.27. The Morgan fingerprint density at radius 2 is 1.79 bits per heavy atom. The van der Waals surface area contributed by atoms with E-state index in [1.165, 1.54) is 0 Å². The number of aliphatic hydroxyl groups excluding tert-OH is 1. The van der Waals surface area contributed by atoms with Gasteiger partial charge in [0.15, 0.2) is 6.10 Å². The zero-order valence-corrected chi connectivity index (χ0v) is 11.1. The number of hydrogen-bond donors (Lipinski definition) is 2. The minimum absolute atomic E-state index is 0.392. The maximum Gasteiger partial charge on any atom is 0.417 e. The van der Waals surface area contributed by atoms with E-state index in [0.29, 0.717) is 12.3 Å². The van der Waals surface area contributed by atoms with E-state index in [9.17, 15) is 13.2 Å². The predicted molar refractivity (Wildman–Crippen MR) is 66.2 cm³/mol. The van der Waals surface area contributed by atoms with Gasteiger partial charge in [0.2, 0.25) is 0 Å². The predicted octanol–water partition coefficient (Wildman–Crippen LogP) is 2.32. The van der Waals surface area contributed by atoms with E-state index in [1.54, 1.807) is 13.8 Å². The zero-order chi connectivity index (χ0) is 14.6. The Hall–Kier alpha value is -1.27. The molecule has 2 N–H and O–H groups in total. The first-order chi connectivity index (χ1) is 8.75. The van der Waals surface area contributed by atoms with Crippen molar-refractivity contribution in [1.29, 1.82) is 0 Å². The highest BCUT2D eigenvalue weighted by molar-refractivity contribution is 5.43. The van der Waals surface area contributed by atoms with Crippen LogP contribution in [0.4, 0.5) is 13.2 Å². The molecule has 6 heteroatoms. The SMILES string of the molecule is CNCc1cc(C)c(OCC(O)C(F)(F)F)c(C)c1. The second kappa shape index (κ2) is 6.25. The lowest BCUT2D eigenvalue weighted by molar-refractivity contribution is -0.210. The molecule has 0 aromatic heterocycles. The molecular weight excluding hydrogens is 259 g/mol. The molecule has 0 heterocycles. The Morgan fingerprint density at radius 1 is 1.26 bits per heavy atom. The van der Waals surface area contributed by atoms with Crippen LogP contribution in [0, 0.1) is 13.8 Å². The van der Waals surface area contributed by atoms with Crippen LogP contribution < -0.4 is 10.1 Å². The molecule has 0 radical (unpaired) electrons. The second-order valence-electron chi connectivity index (χ2n) is 4.46. The van der Waals surface area contributed by atoms with Crippen molar-refractivity contribution in [2.45, 2.75) is 32.7 Å². The first-order valence-corrected chi connectivity index (χ1v) is 5.88. The Bertz CT molecular complexity index is 409. The first kappa shape index (κ1) is 15.8. The van der Waals surface area contributed by atoms with Gasteiger partial charge in [-0.3, -0.25) is 0 Å². The summed E-state index contributed by atoms with van der Waals surface area (Å²) < 4.78 is 41.6. The molecule has 1 unspecified atom stereocenters. The Labute approximate surface area is 110 Å². The minimum Gasteiger partial charge on any atom is -0.490 e. The van der Waals surface area contributed by atoms with Crippen LogP contribution in [0.5, 0.6) is 5.75 Å². The quantitative estimate of drug-likeness (QED) is 0.868. The molecule has 19 heavy (non-hydrogen) atoms. The minimum atomic E-state index is -4.66. The molecule has 0 fully saturated rings. The monoisotopic (exact) mass is 277 g/mol. The highest BCUT2D eigenvalue weighted by Gasteiger charge is 2.38. The maximum atomic E-state index is 12.2. The normalized spacial score (nSPS) is 13.4. The second-order valence-corrected chi connectivity index (χ2v) is 4.46. The molecule has 1 aromatic carbocycles. The van der Waals surface area contributed by atoms with E-state index in [-0.39, 0.29) is 0 Å². The number of hydrogen-bond acceptors (Lipinski definition) is 3. The Morgan fingerprint density at radius 3 is 2.21 bits per heavy atom. The molecule has 1 rings (SSSR count). The van der Waals surface area contributed by atoms with E-state index in [1.807, 2.05) is 19.2 Å². The topological polar surface area (TPSA) is 41.5 Å². The van der Waals surface area contributed by atoms with Gasteiger partial charge in [-0.25, -0.2) is 0 Å². The van der Waals surface area contributed by atoms with Crippen LogP contribution >= 0.6 is 0 Å². The molecule has 0 aliphatic rings. The van der Waals surface area contributed by atoms with E-state index in [2.05, 4.69) is 5.32 Å². The van der Waals surface area contributed by atoms with Gasteiger partial charge in [0.25, 0.3) is 0 Å². The molecule has 108 valence electrons. The van der Waals surface area contributed by atoms with Crippen LogP contribution in [0.3, 0.4) is 0 Å². The van der Waals surface area contributed by atoms with Gasteiger partial charge in [0.1, 0.15) is 12.4 Å². The number of ether oxygens (including phenoxy) is 1. The number of benzene rings is 1. The van der Waals surface area contributed by atoms with Crippen LogP contribution in [0.1, 0.15) is 16.7 Å². The van der Waals surface area contributed by atoms with Crippen molar-refractivity contribution in [3.8, 4) is 5.75 Å². The largest absolute Gasteiger partial charge is 0.490 e. The first-order valence-electron chi connectivity index (χ1n) is 5.88. The Balaban J connectivity index is 2.79. The van der Waals surface area contributed by atoms with Gasteiger partial charge < -0.3 is 15.2 Å². The summed E-state index contributed by atoms with van der Waals surface area (Å²) in [5, 5.41) is 11.9. The summed E-state index contributed by atoms with van der Waals surface area (Å²) >= 11 is 0. The van der Waals surface area contributed by atoms with Crippen LogP contribution in [0.15, 0.2) is 12.1 Å². The molecule has 3 nitrogen and oxygen atoms in total. The lowest BCUT2D eigenvalue weighted by Gasteiger charge is -2.18. The van der Waals surface area contributed by atoms with Gasteiger partial charge in [0, 0.05) is 6.54 Å². The van der Waals surface area contributed by atoms with Crippen LogP contribution in [0.25, 0.3) is 0 Å². The molecule has 0 aliphatic carbocycles. The fraction of sp³-hybridized carbons (Fsp3) is 0.538. The third-order valence-electron chi connectivity index (χ3n) is 2.66. The van der Waals surface area contributed by atoms with Gasteiger partial charge in [0.05, 0.1) is 0 Å². The van der Waals surface area contributed by atoms with Gasteiger partial charge in [-0.15, -0.1) is 0 Å². The molecule has 0 aliphatic heterocycles. The van der Waals surface area contributed by atoms with Crippen molar-refractivity contribution in [3.63, 3.8) is 0 Å². The zero-order valence-electron chi connectivity index (χ0n) is 11.1. The fourth-order valence-corrected chi connectivity index (χ4v) is 1.83. The van der Waals surface area contributed by atoms with Crippen LogP contribution in [0.2, 0.25) is 0 Å².